The molecule has 0 aliphatic rings. The van der Waals surface area contributed by atoms with E-state index >= 15 is 0 Å². The topological polar surface area (TPSA) is 46.8 Å². The molecule has 11 rings (SSSR count). The van der Waals surface area contributed by atoms with Gasteiger partial charge in [-0.15, -0.1) is 0 Å². The van der Waals surface area contributed by atoms with Gasteiger partial charge in [0, 0.05) is 43.7 Å². The highest BCUT2D eigenvalue weighted by atomic mass is 16.3. The zero-order valence-corrected chi connectivity index (χ0v) is 28.5. The first-order valence-corrected chi connectivity index (χ1v) is 17.8. The van der Waals surface area contributed by atoms with Gasteiger partial charge in [0.1, 0.15) is 11.2 Å². The van der Waals surface area contributed by atoms with E-state index in [0.29, 0.717) is 5.56 Å². The predicted octanol–water partition coefficient (Wildman–Crippen LogP) is 13.0. The molecular weight excluding hydrogens is 647 g/mol. The second-order valence-electron chi connectivity index (χ2n) is 13.7. The second-order valence-corrected chi connectivity index (χ2v) is 13.7. The van der Waals surface area contributed by atoms with E-state index in [9.17, 15) is 5.26 Å². The van der Waals surface area contributed by atoms with Crippen LogP contribution in [0.5, 0.6) is 0 Å². The van der Waals surface area contributed by atoms with E-state index < -0.39 is 0 Å². The largest absolute Gasteiger partial charge is 0.456 e. The van der Waals surface area contributed by atoms with Gasteiger partial charge in [-0.1, -0.05) is 97.1 Å². The van der Waals surface area contributed by atoms with E-state index in [2.05, 4.69) is 155 Å². The SMILES string of the molecule is N#Cc1ccc(-c2ccc(-n3c4ccccc4c4ccc(-c5ccc6c(c5)c5ccccc5n6-c5ccc6oc7ccccc7c6c5)cc43)cc2)cc1. The first-order valence-electron chi connectivity index (χ1n) is 17.8. The summed E-state index contributed by atoms with van der Waals surface area (Å²) in [5.41, 5.74) is 13.9. The molecule has 0 bridgehead atoms. The number of fused-ring (bicyclic) bond motifs is 9. The van der Waals surface area contributed by atoms with E-state index in [0.717, 1.165) is 50.0 Å². The summed E-state index contributed by atoms with van der Waals surface area (Å²) in [6.07, 6.45) is 0. The second kappa shape index (κ2) is 11.3. The number of nitriles is 1. The summed E-state index contributed by atoms with van der Waals surface area (Å²) in [6.45, 7) is 0. The maximum atomic E-state index is 9.23. The number of aromatic nitrogens is 2. The van der Waals surface area contributed by atoms with E-state index in [1.807, 2.05) is 36.4 Å². The molecule has 0 amide bonds. The number of para-hydroxylation sites is 3. The number of furan rings is 1. The highest BCUT2D eigenvalue weighted by molar-refractivity contribution is 6.13. The molecule has 3 aromatic heterocycles. The molecular formula is C49H29N3O. The molecule has 8 aromatic carbocycles. The number of hydrogen-bond acceptors (Lipinski definition) is 2. The van der Waals surface area contributed by atoms with Crippen LogP contribution in [0.3, 0.4) is 0 Å². The van der Waals surface area contributed by atoms with Crippen LogP contribution in [0.15, 0.2) is 180 Å². The van der Waals surface area contributed by atoms with Gasteiger partial charge in [0.15, 0.2) is 0 Å². The lowest BCUT2D eigenvalue weighted by molar-refractivity contribution is 0.669. The van der Waals surface area contributed by atoms with Gasteiger partial charge in [-0.05, 0) is 101 Å². The first-order chi connectivity index (χ1) is 26.2. The molecule has 11 aromatic rings. The number of rotatable bonds is 4. The van der Waals surface area contributed by atoms with Crippen LogP contribution in [0.25, 0.3) is 99.2 Å². The molecule has 0 radical (unpaired) electrons. The zero-order valence-electron chi connectivity index (χ0n) is 28.5. The van der Waals surface area contributed by atoms with Crippen molar-refractivity contribution < 1.29 is 4.42 Å². The summed E-state index contributed by atoms with van der Waals surface area (Å²) < 4.78 is 10.9. The van der Waals surface area contributed by atoms with Gasteiger partial charge >= 0.3 is 0 Å². The summed E-state index contributed by atoms with van der Waals surface area (Å²) in [5.74, 6) is 0. The quantitative estimate of drug-likeness (QED) is 0.186. The molecule has 0 atom stereocenters. The monoisotopic (exact) mass is 675 g/mol. The third-order valence-electron chi connectivity index (χ3n) is 10.8. The lowest BCUT2D eigenvalue weighted by Gasteiger charge is -2.11. The molecule has 0 N–H and O–H groups in total. The van der Waals surface area contributed by atoms with Crippen molar-refractivity contribution >= 4 is 65.6 Å². The van der Waals surface area contributed by atoms with E-state index in [1.54, 1.807) is 0 Å². The summed E-state index contributed by atoms with van der Waals surface area (Å²) in [6, 6.07) is 64.5. The van der Waals surface area contributed by atoms with Crippen LogP contribution in [0, 0.1) is 11.3 Å². The molecule has 0 fully saturated rings. The molecule has 3 heterocycles. The van der Waals surface area contributed by atoms with E-state index in [-0.39, 0.29) is 0 Å². The van der Waals surface area contributed by atoms with Gasteiger partial charge in [0.05, 0.1) is 33.7 Å². The van der Waals surface area contributed by atoms with Crippen LogP contribution in [0.2, 0.25) is 0 Å². The first kappa shape index (κ1) is 29.4. The highest BCUT2D eigenvalue weighted by Gasteiger charge is 2.17. The van der Waals surface area contributed by atoms with Gasteiger partial charge in [-0.3, -0.25) is 0 Å². The van der Waals surface area contributed by atoms with Crippen LogP contribution in [0.1, 0.15) is 5.56 Å². The standard InChI is InChI=1S/C49H29N3O/c50-30-31-13-15-32(16-14-31)33-17-21-36(22-18-33)51-44-10-4-1-7-38(44)40-24-19-35(28-47(40)51)34-20-25-46-42(27-34)39-8-2-5-11-45(39)52(46)37-23-26-49-43(29-37)41-9-3-6-12-48(41)53-49/h1-29H. The lowest BCUT2D eigenvalue weighted by atomic mass is 10.0. The molecule has 4 heteroatoms. The maximum Gasteiger partial charge on any atom is 0.135 e. The Morgan fingerprint density at radius 2 is 0.887 bits per heavy atom. The summed E-state index contributed by atoms with van der Waals surface area (Å²) in [4.78, 5) is 0. The van der Waals surface area contributed by atoms with Crippen molar-refractivity contribution in [3.8, 4) is 39.7 Å². The fraction of sp³-hybridized carbons (Fsp3) is 0. The smallest absolute Gasteiger partial charge is 0.135 e. The normalized spacial score (nSPS) is 11.8. The van der Waals surface area contributed by atoms with Crippen LogP contribution in [0.4, 0.5) is 0 Å². The van der Waals surface area contributed by atoms with Gasteiger partial charge in [-0.2, -0.15) is 5.26 Å². The Morgan fingerprint density at radius 3 is 1.64 bits per heavy atom. The molecule has 53 heavy (non-hydrogen) atoms. The minimum atomic E-state index is 0.664. The third-order valence-corrected chi connectivity index (χ3v) is 10.8. The Labute approximate surface area is 304 Å². The average Bonchev–Trinajstić information content (AvgIpc) is 3.88. The predicted molar refractivity (Wildman–Crippen MR) is 218 cm³/mol. The summed E-state index contributed by atoms with van der Waals surface area (Å²) in [7, 11) is 0. The number of nitrogens with zero attached hydrogens (tertiary/aromatic N) is 3. The molecule has 4 nitrogen and oxygen atoms in total. The summed E-state index contributed by atoms with van der Waals surface area (Å²) in [5, 5.41) is 16.4. The Kier molecular flexibility index (Phi) is 6.28. The van der Waals surface area contributed by atoms with Crippen molar-refractivity contribution in [1.29, 1.82) is 5.26 Å². The fourth-order valence-corrected chi connectivity index (χ4v) is 8.25. The van der Waals surface area contributed by atoms with Crippen LogP contribution in [-0.2, 0) is 0 Å². The highest BCUT2D eigenvalue weighted by Crippen LogP contribution is 2.39. The van der Waals surface area contributed by atoms with Crippen molar-refractivity contribution in [2.45, 2.75) is 0 Å². The molecule has 0 aliphatic heterocycles. The minimum absolute atomic E-state index is 0.664. The van der Waals surface area contributed by atoms with Crippen LogP contribution < -0.4 is 0 Å². The molecule has 246 valence electrons. The lowest BCUT2D eigenvalue weighted by Crippen LogP contribution is -1.94. The molecule has 0 saturated carbocycles. The van der Waals surface area contributed by atoms with Crippen molar-refractivity contribution in [2.75, 3.05) is 0 Å². The minimum Gasteiger partial charge on any atom is -0.456 e. The van der Waals surface area contributed by atoms with Crippen molar-refractivity contribution in [2.24, 2.45) is 0 Å². The van der Waals surface area contributed by atoms with Gasteiger partial charge in [-0.25, -0.2) is 0 Å². The van der Waals surface area contributed by atoms with E-state index in [4.69, 9.17) is 4.42 Å². The molecule has 0 spiro atoms. The number of benzene rings is 8. The number of hydrogen-bond donors (Lipinski definition) is 0. The van der Waals surface area contributed by atoms with Crippen molar-refractivity contribution in [3.05, 3.63) is 181 Å². The Bertz CT molecular complexity index is 3280. The summed E-state index contributed by atoms with van der Waals surface area (Å²) >= 11 is 0. The molecule has 0 unspecified atom stereocenters. The average molecular weight is 676 g/mol. The van der Waals surface area contributed by atoms with Crippen LogP contribution in [-0.4, -0.2) is 9.13 Å². The molecule has 0 aliphatic carbocycles. The fourth-order valence-electron chi connectivity index (χ4n) is 8.25. The Balaban J connectivity index is 1.06. The Morgan fingerprint density at radius 1 is 0.358 bits per heavy atom. The molecule has 0 saturated heterocycles. The Hall–Kier alpha value is -7.35. The van der Waals surface area contributed by atoms with Crippen molar-refractivity contribution in [1.82, 2.24) is 9.13 Å². The zero-order chi connectivity index (χ0) is 35.0. The van der Waals surface area contributed by atoms with Crippen molar-refractivity contribution in [3.63, 3.8) is 0 Å². The van der Waals surface area contributed by atoms with Crippen LogP contribution >= 0.6 is 0 Å². The maximum absolute atomic E-state index is 9.23. The van der Waals surface area contributed by atoms with Gasteiger partial charge in [0.2, 0.25) is 0 Å². The van der Waals surface area contributed by atoms with Gasteiger partial charge < -0.3 is 13.6 Å². The third kappa shape index (κ3) is 4.48. The van der Waals surface area contributed by atoms with Gasteiger partial charge in [0.25, 0.3) is 0 Å². The van der Waals surface area contributed by atoms with E-state index in [1.165, 1.54) is 49.2 Å².